The van der Waals surface area contributed by atoms with Crippen molar-refractivity contribution in [3.05, 3.63) is 17.8 Å². The molecule has 0 radical (unpaired) electrons. The minimum Gasteiger partial charge on any atom is -0.446 e. The zero-order chi connectivity index (χ0) is 10.7. The van der Waals surface area contributed by atoms with Gasteiger partial charge in [-0.05, 0) is 20.8 Å². The SMILES string of the molecule is CC(C)NC(=O)c1coc(C(C)N)n1. The Hall–Kier alpha value is -1.36. The van der Waals surface area contributed by atoms with E-state index in [1.165, 1.54) is 6.26 Å². The number of nitrogens with zero attached hydrogens (tertiary/aromatic N) is 1. The van der Waals surface area contributed by atoms with Gasteiger partial charge in [-0.1, -0.05) is 0 Å². The van der Waals surface area contributed by atoms with Crippen LogP contribution < -0.4 is 11.1 Å². The van der Waals surface area contributed by atoms with E-state index in [1.54, 1.807) is 6.92 Å². The van der Waals surface area contributed by atoms with Crippen LogP contribution in [0, 0.1) is 0 Å². The minimum atomic E-state index is -0.296. The number of hydrogen-bond donors (Lipinski definition) is 2. The van der Waals surface area contributed by atoms with Crippen molar-refractivity contribution in [3.63, 3.8) is 0 Å². The summed E-state index contributed by atoms with van der Waals surface area (Å²) in [7, 11) is 0. The number of nitrogens with one attached hydrogen (secondary N) is 1. The summed E-state index contributed by atoms with van der Waals surface area (Å²) in [5.74, 6) is 0.134. The van der Waals surface area contributed by atoms with Gasteiger partial charge in [-0.2, -0.15) is 0 Å². The highest BCUT2D eigenvalue weighted by molar-refractivity contribution is 5.92. The Labute approximate surface area is 82.7 Å². The largest absolute Gasteiger partial charge is 0.446 e. The van der Waals surface area contributed by atoms with E-state index in [1.807, 2.05) is 13.8 Å². The first-order chi connectivity index (χ1) is 6.50. The number of hydrogen-bond acceptors (Lipinski definition) is 4. The third-order valence-electron chi connectivity index (χ3n) is 1.56. The lowest BCUT2D eigenvalue weighted by Crippen LogP contribution is -2.30. The van der Waals surface area contributed by atoms with Crippen molar-refractivity contribution in [1.82, 2.24) is 10.3 Å². The number of amides is 1. The van der Waals surface area contributed by atoms with Crippen molar-refractivity contribution in [1.29, 1.82) is 0 Å². The quantitative estimate of drug-likeness (QED) is 0.752. The van der Waals surface area contributed by atoms with Gasteiger partial charge >= 0.3 is 0 Å². The predicted octanol–water partition coefficient (Wildman–Crippen LogP) is 0.833. The van der Waals surface area contributed by atoms with Crippen LogP contribution in [0.25, 0.3) is 0 Å². The fraction of sp³-hybridized carbons (Fsp3) is 0.556. The molecule has 0 spiro atoms. The van der Waals surface area contributed by atoms with Crippen LogP contribution in [0.2, 0.25) is 0 Å². The summed E-state index contributed by atoms with van der Waals surface area (Å²) in [6.07, 6.45) is 1.32. The normalized spacial score (nSPS) is 12.9. The summed E-state index contributed by atoms with van der Waals surface area (Å²) in [6.45, 7) is 5.50. The number of aromatic nitrogens is 1. The molecule has 1 unspecified atom stereocenters. The van der Waals surface area contributed by atoms with Gasteiger partial charge in [0, 0.05) is 6.04 Å². The molecule has 1 aromatic heterocycles. The van der Waals surface area contributed by atoms with Gasteiger partial charge in [-0.3, -0.25) is 4.79 Å². The van der Waals surface area contributed by atoms with Crippen LogP contribution in [0.3, 0.4) is 0 Å². The monoisotopic (exact) mass is 197 g/mol. The van der Waals surface area contributed by atoms with Crippen LogP contribution in [0.15, 0.2) is 10.7 Å². The molecule has 0 aliphatic carbocycles. The van der Waals surface area contributed by atoms with Crippen molar-refractivity contribution < 1.29 is 9.21 Å². The molecule has 0 bridgehead atoms. The summed E-state index contributed by atoms with van der Waals surface area (Å²) in [6, 6.07) is -0.214. The molecule has 78 valence electrons. The second kappa shape index (κ2) is 4.23. The lowest BCUT2D eigenvalue weighted by atomic mass is 10.3. The average Bonchev–Trinajstić information content (AvgIpc) is 2.50. The molecule has 0 aromatic carbocycles. The van der Waals surface area contributed by atoms with E-state index in [-0.39, 0.29) is 23.7 Å². The zero-order valence-electron chi connectivity index (χ0n) is 8.57. The fourth-order valence-electron chi connectivity index (χ4n) is 0.937. The van der Waals surface area contributed by atoms with Gasteiger partial charge in [0.2, 0.25) is 5.89 Å². The molecule has 1 heterocycles. The van der Waals surface area contributed by atoms with Crippen LogP contribution in [-0.4, -0.2) is 16.9 Å². The maximum atomic E-state index is 11.4. The Morgan fingerprint density at radius 2 is 2.21 bits per heavy atom. The Bertz CT molecular complexity index is 318. The summed E-state index contributed by atoms with van der Waals surface area (Å²) < 4.78 is 5.03. The zero-order valence-corrected chi connectivity index (χ0v) is 8.57. The average molecular weight is 197 g/mol. The van der Waals surface area contributed by atoms with Gasteiger partial charge in [-0.15, -0.1) is 0 Å². The van der Waals surface area contributed by atoms with Crippen LogP contribution in [-0.2, 0) is 0 Å². The highest BCUT2D eigenvalue weighted by atomic mass is 16.3. The van der Waals surface area contributed by atoms with Gasteiger partial charge in [0.15, 0.2) is 5.69 Å². The number of carbonyl (C=O) groups is 1. The first kappa shape index (κ1) is 10.7. The first-order valence-corrected chi connectivity index (χ1v) is 4.52. The van der Waals surface area contributed by atoms with Crippen LogP contribution in [0.4, 0.5) is 0 Å². The molecule has 1 aromatic rings. The third-order valence-corrected chi connectivity index (χ3v) is 1.56. The van der Waals surface area contributed by atoms with E-state index in [9.17, 15) is 4.79 Å². The van der Waals surface area contributed by atoms with E-state index >= 15 is 0 Å². The molecule has 14 heavy (non-hydrogen) atoms. The Balaban J connectivity index is 2.71. The summed E-state index contributed by atoms with van der Waals surface area (Å²) in [4.78, 5) is 15.4. The van der Waals surface area contributed by atoms with E-state index < -0.39 is 0 Å². The standard InChI is InChI=1S/C9H15N3O2/c1-5(2)11-8(13)7-4-14-9(12-7)6(3)10/h4-6H,10H2,1-3H3,(H,11,13). The van der Waals surface area contributed by atoms with E-state index in [0.717, 1.165) is 0 Å². The maximum absolute atomic E-state index is 11.4. The highest BCUT2D eigenvalue weighted by Gasteiger charge is 2.14. The molecule has 0 saturated carbocycles. The lowest BCUT2D eigenvalue weighted by Gasteiger charge is -2.04. The summed E-state index contributed by atoms with van der Waals surface area (Å²) in [5.41, 5.74) is 5.81. The predicted molar refractivity (Wildman–Crippen MR) is 51.7 cm³/mol. The molecule has 0 fully saturated rings. The molecular weight excluding hydrogens is 182 g/mol. The molecule has 5 heteroatoms. The molecule has 0 aliphatic rings. The number of nitrogens with two attached hydrogens (primary N) is 1. The molecule has 5 nitrogen and oxygen atoms in total. The van der Waals surface area contributed by atoms with Crippen LogP contribution in [0.1, 0.15) is 43.2 Å². The van der Waals surface area contributed by atoms with Crippen molar-refractivity contribution in [2.75, 3.05) is 0 Å². The number of oxazole rings is 1. The van der Waals surface area contributed by atoms with Crippen LogP contribution in [0.5, 0.6) is 0 Å². The Kier molecular flexibility index (Phi) is 3.24. The van der Waals surface area contributed by atoms with Crippen molar-refractivity contribution in [2.24, 2.45) is 5.73 Å². The topological polar surface area (TPSA) is 81.2 Å². The van der Waals surface area contributed by atoms with Crippen molar-refractivity contribution >= 4 is 5.91 Å². The van der Waals surface area contributed by atoms with Crippen molar-refractivity contribution in [3.8, 4) is 0 Å². The maximum Gasteiger partial charge on any atom is 0.273 e. The molecule has 1 amide bonds. The summed E-state index contributed by atoms with van der Waals surface area (Å²) >= 11 is 0. The minimum absolute atomic E-state index is 0.0814. The first-order valence-electron chi connectivity index (χ1n) is 4.52. The van der Waals surface area contributed by atoms with Gasteiger partial charge < -0.3 is 15.5 Å². The molecule has 0 aliphatic heterocycles. The van der Waals surface area contributed by atoms with Gasteiger partial charge in [0.1, 0.15) is 6.26 Å². The van der Waals surface area contributed by atoms with Crippen molar-refractivity contribution in [2.45, 2.75) is 32.9 Å². The lowest BCUT2D eigenvalue weighted by molar-refractivity contribution is 0.0938. The van der Waals surface area contributed by atoms with E-state index in [2.05, 4.69) is 10.3 Å². The van der Waals surface area contributed by atoms with E-state index in [4.69, 9.17) is 10.2 Å². The summed E-state index contributed by atoms with van der Waals surface area (Å²) in [5, 5.41) is 2.71. The molecule has 1 atom stereocenters. The van der Waals surface area contributed by atoms with Gasteiger partial charge in [-0.25, -0.2) is 4.98 Å². The molecular formula is C9H15N3O2. The number of rotatable bonds is 3. The molecule has 0 saturated heterocycles. The fourth-order valence-corrected chi connectivity index (χ4v) is 0.937. The smallest absolute Gasteiger partial charge is 0.273 e. The number of carbonyl (C=O) groups excluding carboxylic acids is 1. The molecule has 1 rings (SSSR count). The van der Waals surface area contributed by atoms with Gasteiger partial charge in [0.05, 0.1) is 6.04 Å². The third kappa shape index (κ3) is 2.56. The molecule has 3 N–H and O–H groups in total. The Morgan fingerprint density at radius 3 is 2.64 bits per heavy atom. The van der Waals surface area contributed by atoms with E-state index in [0.29, 0.717) is 5.89 Å². The second-order valence-corrected chi connectivity index (χ2v) is 3.49. The highest BCUT2D eigenvalue weighted by Crippen LogP contribution is 2.08. The Morgan fingerprint density at radius 1 is 1.57 bits per heavy atom. The van der Waals surface area contributed by atoms with Crippen LogP contribution >= 0.6 is 0 Å². The van der Waals surface area contributed by atoms with Gasteiger partial charge in [0.25, 0.3) is 5.91 Å². The second-order valence-electron chi connectivity index (χ2n) is 3.49.